The highest BCUT2D eigenvalue weighted by Crippen LogP contribution is 2.30. The van der Waals surface area contributed by atoms with Crippen LogP contribution in [0.2, 0.25) is 0 Å². The van der Waals surface area contributed by atoms with Gasteiger partial charge in [0.2, 0.25) is 0 Å². The molecule has 0 aromatic rings. The SMILES string of the molecule is CCC1CN(C2CCCC2CN)CCN1C. The van der Waals surface area contributed by atoms with Gasteiger partial charge in [-0.05, 0) is 38.8 Å². The Kier molecular flexibility index (Phi) is 4.22. The molecular weight excluding hydrogens is 198 g/mol. The predicted molar refractivity (Wildman–Crippen MR) is 68.5 cm³/mol. The molecule has 0 aromatic heterocycles. The molecule has 2 rings (SSSR count). The van der Waals surface area contributed by atoms with Crippen LogP contribution in [0.15, 0.2) is 0 Å². The van der Waals surface area contributed by atoms with Crippen LogP contribution in [0.4, 0.5) is 0 Å². The number of rotatable bonds is 3. The molecule has 2 fully saturated rings. The Morgan fingerprint density at radius 1 is 1.25 bits per heavy atom. The highest BCUT2D eigenvalue weighted by molar-refractivity contribution is 4.90. The highest BCUT2D eigenvalue weighted by atomic mass is 15.3. The van der Waals surface area contributed by atoms with Gasteiger partial charge in [-0.15, -0.1) is 0 Å². The minimum atomic E-state index is 0.757. The van der Waals surface area contributed by atoms with Crippen molar-refractivity contribution in [3.8, 4) is 0 Å². The van der Waals surface area contributed by atoms with Gasteiger partial charge in [0.05, 0.1) is 0 Å². The van der Waals surface area contributed by atoms with E-state index in [9.17, 15) is 0 Å². The summed E-state index contributed by atoms with van der Waals surface area (Å²) in [5, 5.41) is 0. The van der Waals surface area contributed by atoms with Crippen molar-refractivity contribution < 1.29 is 0 Å². The average Bonchev–Trinajstić information content (AvgIpc) is 2.78. The molecule has 1 saturated heterocycles. The summed E-state index contributed by atoms with van der Waals surface area (Å²) in [7, 11) is 2.26. The second-order valence-electron chi connectivity index (χ2n) is 5.53. The maximum atomic E-state index is 5.89. The van der Waals surface area contributed by atoms with E-state index in [-0.39, 0.29) is 0 Å². The zero-order chi connectivity index (χ0) is 11.5. The fraction of sp³-hybridized carbons (Fsp3) is 1.00. The number of nitrogens with two attached hydrogens (primary N) is 1. The van der Waals surface area contributed by atoms with Crippen molar-refractivity contribution in [1.82, 2.24) is 9.80 Å². The van der Waals surface area contributed by atoms with Gasteiger partial charge >= 0.3 is 0 Å². The van der Waals surface area contributed by atoms with E-state index in [0.717, 1.165) is 24.5 Å². The van der Waals surface area contributed by atoms with E-state index in [2.05, 4.69) is 23.8 Å². The molecule has 3 heteroatoms. The monoisotopic (exact) mass is 225 g/mol. The predicted octanol–water partition coefficient (Wildman–Crippen LogP) is 1.14. The van der Waals surface area contributed by atoms with Crippen molar-refractivity contribution in [1.29, 1.82) is 0 Å². The zero-order valence-corrected chi connectivity index (χ0v) is 10.9. The van der Waals surface area contributed by atoms with E-state index in [1.165, 1.54) is 45.3 Å². The van der Waals surface area contributed by atoms with Crippen LogP contribution in [0, 0.1) is 5.92 Å². The Hall–Kier alpha value is -0.120. The van der Waals surface area contributed by atoms with Crippen LogP contribution in [0.5, 0.6) is 0 Å². The van der Waals surface area contributed by atoms with Crippen molar-refractivity contribution in [3.63, 3.8) is 0 Å². The lowest BCUT2D eigenvalue weighted by Gasteiger charge is -2.43. The summed E-state index contributed by atoms with van der Waals surface area (Å²) >= 11 is 0. The quantitative estimate of drug-likeness (QED) is 0.782. The molecule has 2 N–H and O–H groups in total. The van der Waals surface area contributed by atoms with Crippen LogP contribution in [-0.4, -0.2) is 55.1 Å². The topological polar surface area (TPSA) is 32.5 Å². The lowest BCUT2D eigenvalue weighted by Crippen LogP contribution is -2.55. The standard InChI is InChI=1S/C13H27N3/c1-3-12-10-16(8-7-15(12)2)13-6-4-5-11(13)9-14/h11-13H,3-10,14H2,1-2H3. The first kappa shape index (κ1) is 12.3. The first-order valence-electron chi connectivity index (χ1n) is 6.90. The molecule has 1 aliphatic carbocycles. The van der Waals surface area contributed by atoms with E-state index in [0.29, 0.717) is 0 Å². The van der Waals surface area contributed by atoms with E-state index in [1.807, 2.05) is 0 Å². The van der Waals surface area contributed by atoms with Gasteiger partial charge in [0.15, 0.2) is 0 Å². The smallest absolute Gasteiger partial charge is 0.0218 e. The summed E-state index contributed by atoms with van der Waals surface area (Å²) in [5.41, 5.74) is 5.89. The molecule has 0 aromatic carbocycles. The summed E-state index contributed by atoms with van der Waals surface area (Å²) < 4.78 is 0. The minimum Gasteiger partial charge on any atom is -0.330 e. The molecule has 0 radical (unpaired) electrons. The third-order valence-electron chi connectivity index (χ3n) is 4.67. The Labute approximate surface area is 100.0 Å². The lowest BCUT2D eigenvalue weighted by molar-refractivity contribution is 0.0505. The molecule has 0 amide bonds. The van der Waals surface area contributed by atoms with Crippen LogP contribution in [-0.2, 0) is 0 Å². The number of hydrogen-bond acceptors (Lipinski definition) is 3. The Morgan fingerprint density at radius 3 is 2.75 bits per heavy atom. The molecule has 0 spiro atoms. The third kappa shape index (κ3) is 2.41. The van der Waals surface area contributed by atoms with Gasteiger partial charge in [-0.1, -0.05) is 13.3 Å². The number of nitrogens with zero attached hydrogens (tertiary/aromatic N) is 2. The molecule has 3 atom stereocenters. The summed E-state index contributed by atoms with van der Waals surface area (Å²) in [6.45, 7) is 6.92. The summed E-state index contributed by atoms with van der Waals surface area (Å²) in [4.78, 5) is 5.24. The van der Waals surface area contributed by atoms with Crippen LogP contribution in [0.25, 0.3) is 0 Å². The van der Waals surface area contributed by atoms with E-state index < -0.39 is 0 Å². The summed E-state index contributed by atoms with van der Waals surface area (Å²) in [6.07, 6.45) is 5.38. The van der Waals surface area contributed by atoms with Gasteiger partial charge in [-0.25, -0.2) is 0 Å². The Morgan fingerprint density at radius 2 is 2.06 bits per heavy atom. The number of hydrogen-bond donors (Lipinski definition) is 1. The molecule has 1 saturated carbocycles. The van der Waals surface area contributed by atoms with Crippen molar-refractivity contribution in [2.75, 3.05) is 33.2 Å². The lowest BCUT2D eigenvalue weighted by atomic mass is 9.99. The molecule has 3 nitrogen and oxygen atoms in total. The molecule has 94 valence electrons. The van der Waals surface area contributed by atoms with Crippen molar-refractivity contribution >= 4 is 0 Å². The summed E-state index contributed by atoms with van der Waals surface area (Å²) in [5.74, 6) is 0.765. The summed E-state index contributed by atoms with van der Waals surface area (Å²) in [6, 6.07) is 1.54. The second-order valence-corrected chi connectivity index (χ2v) is 5.53. The highest BCUT2D eigenvalue weighted by Gasteiger charge is 2.34. The fourth-order valence-corrected chi connectivity index (χ4v) is 3.49. The van der Waals surface area contributed by atoms with Crippen LogP contribution < -0.4 is 5.73 Å². The van der Waals surface area contributed by atoms with Crippen LogP contribution >= 0.6 is 0 Å². The van der Waals surface area contributed by atoms with E-state index >= 15 is 0 Å². The van der Waals surface area contributed by atoms with Crippen molar-refractivity contribution in [2.24, 2.45) is 11.7 Å². The van der Waals surface area contributed by atoms with Gasteiger partial charge in [0.25, 0.3) is 0 Å². The van der Waals surface area contributed by atoms with Crippen molar-refractivity contribution in [3.05, 3.63) is 0 Å². The normalized spacial score (nSPS) is 38.1. The Balaban J connectivity index is 1.94. The van der Waals surface area contributed by atoms with Crippen molar-refractivity contribution in [2.45, 2.75) is 44.7 Å². The number of likely N-dealkylation sites (N-methyl/N-ethyl adjacent to an activating group) is 1. The molecule has 2 aliphatic rings. The fourth-order valence-electron chi connectivity index (χ4n) is 3.49. The molecule has 16 heavy (non-hydrogen) atoms. The van der Waals surface area contributed by atoms with Crippen LogP contribution in [0.3, 0.4) is 0 Å². The van der Waals surface area contributed by atoms with E-state index in [4.69, 9.17) is 5.73 Å². The molecule has 0 bridgehead atoms. The first-order chi connectivity index (χ1) is 7.76. The van der Waals surface area contributed by atoms with Gasteiger partial charge in [-0.3, -0.25) is 4.90 Å². The maximum absolute atomic E-state index is 5.89. The second kappa shape index (κ2) is 5.48. The van der Waals surface area contributed by atoms with Gasteiger partial charge in [0.1, 0.15) is 0 Å². The molecule has 3 unspecified atom stereocenters. The van der Waals surface area contributed by atoms with E-state index in [1.54, 1.807) is 0 Å². The number of piperazine rings is 1. The van der Waals surface area contributed by atoms with Gasteiger partial charge < -0.3 is 10.6 Å². The van der Waals surface area contributed by atoms with Gasteiger partial charge in [0, 0.05) is 31.7 Å². The molecule has 1 heterocycles. The first-order valence-corrected chi connectivity index (χ1v) is 6.90. The van der Waals surface area contributed by atoms with Crippen LogP contribution in [0.1, 0.15) is 32.6 Å². The maximum Gasteiger partial charge on any atom is 0.0218 e. The zero-order valence-electron chi connectivity index (χ0n) is 10.9. The molecular formula is C13H27N3. The third-order valence-corrected chi connectivity index (χ3v) is 4.67. The largest absolute Gasteiger partial charge is 0.330 e. The minimum absolute atomic E-state index is 0.757. The Bertz CT molecular complexity index is 219. The van der Waals surface area contributed by atoms with Gasteiger partial charge in [-0.2, -0.15) is 0 Å². The molecule has 1 aliphatic heterocycles. The average molecular weight is 225 g/mol.